The summed E-state index contributed by atoms with van der Waals surface area (Å²) < 4.78 is 33.2. The molecule has 0 bridgehead atoms. The second kappa shape index (κ2) is 11.3. The fraction of sp³-hybridized carbons (Fsp3) is 0.259. The molecular weight excluding hydrogens is 468 g/mol. The van der Waals surface area contributed by atoms with Gasteiger partial charge in [-0.1, -0.05) is 36.4 Å². The minimum Gasteiger partial charge on any atom is -0.442 e. The van der Waals surface area contributed by atoms with Crippen LogP contribution in [0.5, 0.6) is 0 Å². The number of ether oxygens (including phenoxy) is 1. The lowest BCUT2D eigenvalue weighted by atomic mass is 10.0. The van der Waals surface area contributed by atoms with Crippen LogP contribution in [0.25, 0.3) is 11.1 Å². The highest BCUT2D eigenvalue weighted by Crippen LogP contribution is 2.29. The molecule has 1 fully saturated rings. The predicted octanol–water partition coefficient (Wildman–Crippen LogP) is 3.92. The Kier molecular flexibility index (Phi) is 7.92. The van der Waals surface area contributed by atoms with Gasteiger partial charge in [0.15, 0.2) is 0 Å². The number of cyclic esters (lactones) is 1. The molecule has 36 heavy (non-hydrogen) atoms. The van der Waals surface area contributed by atoms with Gasteiger partial charge in [0.2, 0.25) is 5.91 Å². The third-order valence-electron chi connectivity index (χ3n) is 5.90. The van der Waals surface area contributed by atoms with E-state index in [9.17, 15) is 23.5 Å². The molecule has 0 aliphatic carbocycles. The first kappa shape index (κ1) is 25.3. The van der Waals surface area contributed by atoms with E-state index in [-0.39, 0.29) is 24.8 Å². The van der Waals surface area contributed by atoms with Crippen LogP contribution in [0.2, 0.25) is 0 Å². The van der Waals surface area contributed by atoms with Gasteiger partial charge in [-0.15, -0.1) is 0 Å². The lowest BCUT2D eigenvalue weighted by Gasteiger charge is -2.15. The average Bonchev–Trinajstić information content (AvgIpc) is 3.24. The van der Waals surface area contributed by atoms with E-state index < -0.39 is 24.1 Å². The molecule has 188 valence electrons. The summed E-state index contributed by atoms with van der Waals surface area (Å²) in [7, 11) is 0. The van der Waals surface area contributed by atoms with Crippen molar-refractivity contribution < 1.29 is 28.2 Å². The smallest absolute Gasteiger partial charge is 0.414 e. The third-order valence-corrected chi connectivity index (χ3v) is 5.90. The largest absolute Gasteiger partial charge is 0.442 e. The molecule has 2 atom stereocenters. The summed E-state index contributed by atoms with van der Waals surface area (Å²) in [6.07, 6.45) is -1.84. The Labute approximate surface area is 207 Å². The number of hydrogen-bond acceptors (Lipinski definition) is 5. The van der Waals surface area contributed by atoms with Gasteiger partial charge in [-0.3, -0.25) is 9.69 Å². The van der Waals surface area contributed by atoms with Crippen LogP contribution in [-0.2, 0) is 16.1 Å². The Balaban J connectivity index is 1.34. The lowest BCUT2D eigenvalue weighted by molar-refractivity contribution is -0.119. The van der Waals surface area contributed by atoms with E-state index in [1.165, 1.54) is 30.0 Å². The molecular formula is C27H27F2N3O4. The SMILES string of the molecule is CC(=O)NCC1CN(c2ccc(-c3ccc(CNCC(O)c4ccc(F)cc4)cc3)c(F)c2)C(=O)O1. The van der Waals surface area contributed by atoms with Gasteiger partial charge in [0.1, 0.15) is 17.7 Å². The van der Waals surface area contributed by atoms with Crippen LogP contribution in [0, 0.1) is 11.6 Å². The zero-order chi connectivity index (χ0) is 25.7. The zero-order valence-electron chi connectivity index (χ0n) is 19.7. The van der Waals surface area contributed by atoms with Crippen LogP contribution >= 0.6 is 0 Å². The topological polar surface area (TPSA) is 90.9 Å². The van der Waals surface area contributed by atoms with E-state index in [4.69, 9.17) is 4.74 Å². The van der Waals surface area contributed by atoms with Crippen molar-refractivity contribution in [3.05, 3.63) is 89.5 Å². The molecule has 1 aliphatic rings. The summed E-state index contributed by atoms with van der Waals surface area (Å²) >= 11 is 0. The van der Waals surface area contributed by atoms with Crippen LogP contribution in [0.15, 0.2) is 66.7 Å². The van der Waals surface area contributed by atoms with E-state index in [0.29, 0.717) is 35.5 Å². The molecule has 7 nitrogen and oxygen atoms in total. The highest BCUT2D eigenvalue weighted by molar-refractivity contribution is 5.90. The Morgan fingerprint density at radius 2 is 1.83 bits per heavy atom. The van der Waals surface area contributed by atoms with Crippen molar-refractivity contribution in [1.29, 1.82) is 0 Å². The molecule has 9 heteroatoms. The minimum atomic E-state index is -0.758. The number of aliphatic hydroxyl groups is 1. The minimum absolute atomic E-state index is 0.199. The van der Waals surface area contributed by atoms with E-state index >= 15 is 0 Å². The molecule has 1 heterocycles. The first-order valence-corrected chi connectivity index (χ1v) is 11.6. The van der Waals surface area contributed by atoms with Crippen molar-refractivity contribution in [2.45, 2.75) is 25.7 Å². The first-order valence-electron chi connectivity index (χ1n) is 11.6. The van der Waals surface area contributed by atoms with Crippen molar-refractivity contribution in [2.75, 3.05) is 24.5 Å². The summed E-state index contributed by atoms with van der Waals surface area (Å²) in [5, 5.41) is 16.0. The number of nitrogens with one attached hydrogen (secondary N) is 2. The Morgan fingerprint density at radius 1 is 1.11 bits per heavy atom. The van der Waals surface area contributed by atoms with Crippen LogP contribution in [0.1, 0.15) is 24.2 Å². The molecule has 2 unspecified atom stereocenters. The molecule has 3 aromatic carbocycles. The quantitative estimate of drug-likeness (QED) is 0.419. The fourth-order valence-corrected chi connectivity index (χ4v) is 3.96. The number of aliphatic hydroxyl groups excluding tert-OH is 1. The molecule has 2 amide bonds. The number of halogens is 2. The zero-order valence-corrected chi connectivity index (χ0v) is 19.7. The van der Waals surface area contributed by atoms with Crippen molar-refractivity contribution in [2.24, 2.45) is 0 Å². The summed E-state index contributed by atoms with van der Waals surface area (Å²) in [6.45, 7) is 2.59. The van der Waals surface area contributed by atoms with E-state index in [1.54, 1.807) is 36.4 Å². The van der Waals surface area contributed by atoms with Crippen molar-refractivity contribution in [3.63, 3.8) is 0 Å². The van der Waals surface area contributed by atoms with Crippen molar-refractivity contribution in [3.8, 4) is 11.1 Å². The molecule has 0 saturated carbocycles. The van der Waals surface area contributed by atoms with Gasteiger partial charge in [0.05, 0.1) is 24.9 Å². The van der Waals surface area contributed by atoms with Crippen LogP contribution < -0.4 is 15.5 Å². The number of rotatable bonds is 9. The Bertz CT molecular complexity index is 1220. The molecule has 1 saturated heterocycles. The summed E-state index contributed by atoms with van der Waals surface area (Å²) in [5.74, 6) is -1.04. The van der Waals surface area contributed by atoms with E-state index in [0.717, 1.165) is 5.56 Å². The van der Waals surface area contributed by atoms with Crippen molar-refractivity contribution >= 4 is 17.7 Å². The van der Waals surface area contributed by atoms with Crippen LogP contribution in [0.4, 0.5) is 19.3 Å². The molecule has 0 spiro atoms. The summed E-state index contributed by atoms with van der Waals surface area (Å²) in [6, 6.07) is 17.6. The monoisotopic (exact) mass is 495 g/mol. The Hall–Kier alpha value is -3.82. The summed E-state index contributed by atoms with van der Waals surface area (Å²) in [5.41, 5.74) is 3.04. The predicted molar refractivity (Wildman–Crippen MR) is 131 cm³/mol. The van der Waals surface area contributed by atoms with E-state index in [2.05, 4.69) is 10.6 Å². The molecule has 4 rings (SSSR count). The molecule has 1 aliphatic heterocycles. The van der Waals surface area contributed by atoms with Crippen LogP contribution in [-0.4, -0.2) is 42.8 Å². The number of nitrogens with zero attached hydrogens (tertiary/aromatic N) is 1. The maximum atomic E-state index is 14.9. The molecule has 3 N–H and O–H groups in total. The van der Waals surface area contributed by atoms with Gasteiger partial charge in [0, 0.05) is 25.6 Å². The van der Waals surface area contributed by atoms with E-state index in [1.807, 2.05) is 12.1 Å². The van der Waals surface area contributed by atoms with Gasteiger partial charge >= 0.3 is 6.09 Å². The van der Waals surface area contributed by atoms with Crippen molar-refractivity contribution in [1.82, 2.24) is 10.6 Å². The number of carbonyl (C=O) groups excluding carboxylic acids is 2. The van der Waals surface area contributed by atoms with Gasteiger partial charge in [-0.2, -0.15) is 0 Å². The van der Waals surface area contributed by atoms with Gasteiger partial charge < -0.3 is 20.5 Å². The highest BCUT2D eigenvalue weighted by atomic mass is 19.1. The maximum absolute atomic E-state index is 14.9. The first-order chi connectivity index (χ1) is 17.3. The molecule has 0 aromatic heterocycles. The average molecular weight is 496 g/mol. The number of amides is 2. The lowest BCUT2D eigenvalue weighted by Crippen LogP contribution is -2.33. The maximum Gasteiger partial charge on any atom is 0.414 e. The number of anilines is 1. The second-order valence-corrected chi connectivity index (χ2v) is 8.61. The summed E-state index contributed by atoms with van der Waals surface area (Å²) in [4.78, 5) is 24.6. The third kappa shape index (κ3) is 6.24. The highest BCUT2D eigenvalue weighted by Gasteiger charge is 2.32. The fourth-order valence-electron chi connectivity index (χ4n) is 3.96. The normalized spacial score (nSPS) is 16.1. The molecule has 0 radical (unpaired) electrons. The number of benzene rings is 3. The Morgan fingerprint density at radius 3 is 2.50 bits per heavy atom. The number of carbonyl (C=O) groups is 2. The van der Waals surface area contributed by atoms with Gasteiger partial charge in [0.25, 0.3) is 0 Å². The molecule has 3 aromatic rings. The van der Waals surface area contributed by atoms with Crippen LogP contribution in [0.3, 0.4) is 0 Å². The number of hydrogen-bond donors (Lipinski definition) is 3. The van der Waals surface area contributed by atoms with Gasteiger partial charge in [-0.25, -0.2) is 13.6 Å². The standard InChI is InChI=1S/C27H27F2N3O4/c1-17(33)31-14-23-16-32(27(35)36-23)22-10-11-24(25(29)12-22)19-4-2-18(3-5-19)13-30-15-26(34)20-6-8-21(28)9-7-20/h2-12,23,26,30,34H,13-16H2,1H3,(H,31,33). The second-order valence-electron chi connectivity index (χ2n) is 8.61. The van der Waals surface area contributed by atoms with Gasteiger partial charge in [-0.05, 0) is 47.0 Å².